The van der Waals surface area contributed by atoms with Gasteiger partial charge in [-0.2, -0.15) is 0 Å². The minimum Gasteiger partial charge on any atom is -0.296 e. The molecule has 0 spiro atoms. The van der Waals surface area contributed by atoms with Crippen molar-refractivity contribution in [2.45, 2.75) is 13.3 Å². The first-order valence-corrected chi connectivity index (χ1v) is 7.57. The van der Waals surface area contributed by atoms with Crippen LogP contribution in [0.3, 0.4) is 0 Å². The summed E-state index contributed by atoms with van der Waals surface area (Å²) in [5.74, 6) is 0. The SMILES string of the molecule is CCCN(c1ccnc2cc(Cl)ccc12)n1cccc1C=O. The lowest BCUT2D eigenvalue weighted by atomic mass is 10.2. The number of fused-ring (bicyclic) bond motifs is 1. The molecule has 4 nitrogen and oxygen atoms in total. The predicted octanol–water partition coefficient (Wildman–Crippen LogP) is 4.18. The molecule has 3 rings (SSSR count). The Hall–Kier alpha value is -2.33. The standard InChI is InChI=1S/C17H16ClN3O/c1-2-9-21(20-10-3-4-14(20)12-22)17-7-8-19-16-11-13(18)5-6-15(16)17/h3-8,10-12H,2,9H2,1H3. The van der Waals surface area contributed by atoms with Crippen LogP contribution in [0.2, 0.25) is 5.02 Å². The molecule has 0 saturated carbocycles. The van der Waals surface area contributed by atoms with Crippen LogP contribution in [-0.4, -0.2) is 22.5 Å². The van der Waals surface area contributed by atoms with Gasteiger partial charge < -0.3 is 0 Å². The number of halogens is 1. The third kappa shape index (κ3) is 2.57. The van der Waals surface area contributed by atoms with Crippen molar-refractivity contribution in [3.63, 3.8) is 0 Å². The number of carbonyl (C=O) groups excluding carboxylic acids is 1. The van der Waals surface area contributed by atoms with Crippen LogP contribution in [0.25, 0.3) is 10.9 Å². The summed E-state index contributed by atoms with van der Waals surface area (Å²) in [5, 5.41) is 3.75. The van der Waals surface area contributed by atoms with Gasteiger partial charge in [0.15, 0.2) is 6.29 Å². The van der Waals surface area contributed by atoms with Crippen molar-refractivity contribution in [3.05, 3.63) is 59.5 Å². The van der Waals surface area contributed by atoms with Crippen LogP contribution in [0, 0.1) is 0 Å². The average molecular weight is 314 g/mol. The van der Waals surface area contributed by atoms with E-state index in [2.05, 4.69) is 16.9 Å². The molecule has 112 valence electrons. The second kappa shape index (κ2) is 6.20. The number of hydrogen-bond acceptors (Lipinski definition) is 3. The van der Waals surface area contributed by atoms with Gasteiger partial charge >= 0.3 is 0 Å². The monoisotopic (exact) mass is 313 g/mol. The fourth-order valence-electron chi connectivity index (χ4n) is 2.59. The van der Waals surface area contributed by atoms with E-state index in [4.69, 9.17) is 11.6 Å². The lowest BCUT2D eigenvalue weighted by molar-refractivity contribution is 0.111. The second-order valence-electron chi connectivity index (χ2n) is 5.01. The number of pyridine rings is 1. The molecule has 0 saturated heterocycles. The number of benzene rings is 1. The summed E-state index contributed by atoms with van der Waals surface area (Å²) in [7, 11) is 0. The summed E-state index contributed by atoms with van der Waals surface area (Å²) >= 11 is 6.05. The zero-order valence-electron chi connectivity index (χ0n) is 12.2. The number of aromatic nitrogens is 2. The summed E-state index contributed by atoms with van der Waals surface area (Å²) in [6.45, 7) is 2.90. The summed E-state index contributed by atoms with van der Waals surface area (Å²) in [6, 6.07) is 11.3. The van der Waals surface area contributed by atoms with Gasteiger partial charge in [-0.05, 0) is 42.8 Å². The summed E-state index contributed by atoms with van der Waals surface area (Å²) in [6.07, 6.45) is 5.47. The van der Waals surface area contributed by atoms with Gasteiger partial charge in [-0.1, -0.05) is 18.5 Å². The number of nitrogens with zero attached hydrogens (tertiary/aromatic N) is 3. The number of hydrogen-bond donors (Lipinski definition) is 0. The molecule has 0 unspecified atom stereocenters. The first-order valence-electron chi connectivity index (χ1n) is 7.19. The second-order valence-corrected chi connectivity index (χ2v) is 5.45. The van der Waals surface area contributed by atoms with E-state index in [0.29, 0.717) is 10.7 Å². The normalized spacial score (nSPS) is 10.8. The molecule has 0 amide bonds. The highest BCUT2D eigenvalue weighted by atomic mass is 35.5. The molecule has 0 fully saturated rings. The molecular weight excluding hydrogens is 298 g/mol. The van der Waals surface area contributed by atoms with Crippen molar-refractivity contribution in [3.8, 4) is 0 Å². The molecule has 2 aromatic heterocycles. The highest BCUT2D eigenvalue weighted by Gasteiger charge is 2.14. The molecule has 0 N–H and O–H groups in total. The largest absolute Gasteiger partial charge is 0.296 e. The minimum atomic E-state index is 0.618. The molecule has 0 aliphatic rings. The van der Waals surface area contributed by atoms with E-state index in [0.717, 1.165) is 35.8 Å². The molecule has 0 radical (unpaired) electrons. The van der Waals surface area contributed by atoms with Gasteiger partial charge in [0.1, 0.15) is 5.69 Å². The number of aldehydes is 1. The maximum absolute atomic E-state index is 11.3. The average Bonchev–Trinajstić information content (AvgIpc) is 3.00. The topological polar surface area (TPSA) is 38.1 Å². The van der Waals surface area contributed by atoms with Crippen molar-refractivity contribution < 1.29 is 4.79 Å². The van der Waals surface area contributed by atoms with Crippen LogP contribution in [0.15, 0.2) is 48.8 Å². The highest BCUT2D eigenvalue weighted by Crippen LogP contribution is 2.28. The molecular formula is C17H16ClN3O. The number of carbonyl (C=O) groups is 1. The number of rotatable bonds is 5. The number of anilines is 1. The van der Waals surface area contributed by atoms with E-state index in [-0.39, 0.29) is 0 Å². The van der Waals surface area contributed by atoms with E-state index in [1.54, 1.807) is 12.3 Å². The summed E-state index contributed by atoms with van der Waals surface area (Å²) in [4.78, 5) is 15.6. The van der Waals surface area contributed by atoms with Crippen molar-refractivity contribution in [1.29, 1.82) is 0 Å². The molecule has 1 aromatic carbocycles. The van der Waals surface area contributed by atoms with Crippen molar-refractivity contribution >= 4 is 34.5 Å². The molecule has 0 atom stereocenters. The molecule has 3 aromatic rings. The van der Waals surface area contributed by atoms with Crippen LogP contribution in [-0.2, 0) is 0 Å². The minimum absolute atomic E-state index is 0.618. The van der Waals surface area contributed by atoms with Crippen LogP contribution in [0.1, 0.15) is 23.8 Å². The Morgan fingerprint density at radius 3 is 2.95 bits per heavy atom. The summed E-state index contributed by atoms with van der Waals surface area (Å²) < 4.78 is 1.87. The Morgan fingerprint density at radius 2 is 2.18 bits per heavy atom. The Kier molecular flexibility index (Phi) is 4.11. The quantitative estimate of drug-likeness (QED) is 0.663. The maximum Gasteiger partial charge on any atom is 0.168 e. The van der Waals surface area contributed by atoms with Gasteiger partial charge in [0, 0.05) is 29.3 Å². The Morgan fingerprint density at radius 1 is 1.32 bits per heavy atom. The van der Waals surface area contributed by atoms with Crippen molar-refractivity contribution in [2.75, 3.05) is 11.6 Å². The molecule has 0 aliphatic carbocycles. The Balaban J connectivity index is 2.19. The van der Waals surface area contributed by atoms with Gasteiger partial charge in [0.25, 0.3) is 0 Å². The summed E-state index contributed by atoms with van der Waals surface area (Å²) in [5.41, 5.74) is 2.46. The Labute approximate surface area is 133 Å². The first-order chi connectivity index (χ1) is 10.7. The Bertz CT molecular complexity index is 813. The highest BCUT2D eigenvalue weighted by molar-refractivity contribution is 6.31. The smallest absolute Gasteiger partial charge is 0.168 e. The van der Waals surface area contributed by atoms with E-state index >= 15 is 0 Å². The first kappa shape index (κ1) is 14.6. The maximum atomic E-state index is 11.3. The molecule has 2 heterocycles. The van der Waals surface area contributed by atoms with E-state index in [1.807, 2.05) is 41.2 Å². The molecule has 5 heteroatoms. The van der Waals surface area contributed by atoms with Gasteiger partial charge in [0.05, 0.1) is 11.2 Å². The van der Waals surface area contributed by atoms with Gasteiger partial charge in [-0.15, -0.1) is 0 Å². The van der Waals surface area contributed by atoms with E-state index in [1.165, 1.54) is 0 Å². The molecule has 0 aliphatic heterocycles. The van der Waals surface area contributed by atoms with Gasteiger partial charge in [-0.25, -0.2) is 0 Å². The fraction of sp³-hybridized carbons (Fsp3) is 0.176. The zero-order chi connectivity index (χ0) is 15.5. The van der Waals surface area contributed by atoms with E-state index in [9.17, 15) is 4.79 Å². The van der Waals surface area contributed by atoms with Crippen LogP contribution < -0.4 is 5.01 Å². The lowest BCUT2D eigenvalue weighted by Gasteiger charge is -2.27. The zero-order valence-corrected chi connectivity index (χ0v) is 13.0. The van der Waals surface area contributed by atoms with Crippen molar-refractivity contribution in [1.82, 2.24) is 9.66 Å². The fourth-order valence-corrected chi connectivity index (χ4v) is 2.75. The molecule has 22 heavy (non-hydrogen) atoms. The van der Waals surface area contributed by atoms with Crippen LogP contribution >= 0.6 is 11.6 Å². The van der Waals surface area contributed by atoms with Crippen LogP contribution in [0.5, 0.6) is 0 Å². The van der Waals surface area contributed by atoms with E-state index < -0.39 is 0 Å². The predicted molar refractivity (Wildman–Crippen MR) is 89.6 cm³/mol. The third-order valence-electron chi connectivity index (χ3n) is 3.53. The van der Waals surface area contributed by atoms with Gasteiger partial charge in [0.2, 0.25) is 0 Å². The van der Waals surface area contributed by atoms with Crippen molar-refractivity contribution in [2.24, 2.45) is 0 Å². The van der Waals surface area contributed by atoms with Crippen LogP contribution in [0.4, 0.5) is 5.69 Å². The van der Waals surface area contributed by atoms with Gasteiger partial charge in [-0.3, -0.25) is 19.5 Å². The third-order valence-corrected chi connectivity index (χ3v) is 3.77. The lowest BCUT2D eigenvalue weighted by Crippen LogP contribution is -2.31. The molecule has 0 bridgehead atoms.